The minimum absolute atomic E-state index is 0.00123. The maximum absolute atomic E-state index is 12.4. The summed E-state index contributed by atoms with van der Waals surface area (Å²) in [5.41, 5.74) is 1.81. The molecule has 1 amide bonds. The number of anilines is 1. The van der Waals surface area contributed by atoms with Gasteiger partial charge in [-0.3, -0.25) is 4.79 Å². The van der Waals surface area contributed by atoms with Gasteiger partial charge in [0, 0.05) is 30.4 Å². The Kier molecular flexibility index (Phi) is 3.09. The first-order valence-corrected chi connectivity index (χ1v) is 6.14. The summed E-state index contributed by atoms with van der Waals surface area (Å²) in [7, 11) is 1.88. The fourth-order valence-electron chi connectivity index (χ4n) is 2.42. The average Bonchev–Trinajstić information content (AvgIpc) is 2.68. The minimum atomic E-state index is -0.00123. The van der Waals surface area contributed by atoms with Gasteiger partial charge < -0.3 is 10.2 Å². The Bertz CT molecular complexity index is 409. The summed E-state index contributed by atoms with van der Waals surface area (Å²) in [4.78, 5) is 14.4. The Labute approximate surface area is 103 Å². The largest absolute Gasteiger partial charge is 0.388 e. The van der Waals surface area contributed by atoms with Crippen LogP contribution < -0.4 is 5.32 Å². The van der Waals surface area contributed by atoms with Crippen molar-refractivity contribution in [3.8, 4) is 0 Å². The normalized spacial score (nSPS) is 18.2. The Balaban J connectivity index is 2.19. The van der Waals surface area contributed by atoms with Crippen molar-refractivity contribution in [3.05, 3.63) is 29.8 Å². The zero-order chi connectivity index (χ0) is 12.5. The van der Waals surface area contributed by atoms with Crippen LogP contribution in [0.5, 0.6) is 0 Å². The van der Waals surface area contributed by atoms with Crippen molar-refractivity contribution in [2.24, 2.45) is 0 Å². The van der Waals surface area contributed by atoms with Crippen LogP contribution in [0.2, 0.25) is 0 Å². The highest BCUT2D eigenvalue weighted by atomic mass is 16.2. The van der Waals surface area contributed by atoms with Gasteiger partial charge in [0.05, 0.1) is 0 Å². The van der Waals surface area contributed by atoms with E-state index < -0.39 is 0 Å². The van der Waals surface area contributed by atoms with E-state index in [1.54, 1.807) is 0 Å². The van der Waals surface area contributed by atoms with Gasteiger partial charge in [0.15, 0.2) is 0 Å². The SMILES string of the molecule is CNc1ccc(C(=O)N2CCCC2(C)C)cc1. The lowest BCUT2D eigenvalue weighted by Gasteiger charge is -2.31. The fourth-order valence-corrected chi connectivity index (χ4v) is 2.42. The van der Waals surface area contributed by atoms with E-state index in [1.165, 1.54) is 0 Å². The van der Waals surface area contributed by atoms with Crippen molar-refractivity contribution < 1.29 is 4.79 Å². The molecule has 0 radical (unpaired) electrons. The van der Waals surface area contributed by atoms with E-state index in [0.29, 0.717) is 0 Å². The summed E-state index contributed by atoms with van der Waals surface area (Å²) >= 11 is 0. The third kappa shape index (κ3) is 2.28. The van der Waals surface area contributed by atoms with Gasteiger partial charge in [-0.25, -0.2) is 0 Å². The maximum atomic E-state index is 12.4. The van der Waals surface area contributed by atoms with Gasteiger partial charge in [-0.15, -0.1) is 0 Å². The van der Waals surface area contributed by atoms with Crippen LogP contribution in [-0.4, -0.2) is 29.9 Å². The standard InChI is InChI=1S/C14H20N2O/c1-14(2)9-4-10-16(14)13(17)11-5-7-12(15-3)8-6-11/h5-8,15H,4,9-10H2,1-3H3. The lowest BCUT2D eigenvalue weighted by molar-refractivity contribution is 0.0652. The molecule has 0 saturated carbocycles. The quantitative estimate of drug-likeness (QED) is 0.850. The van der Waals surface area contributed by atoms with Crippen LogP contribution in [0.15, 0.2) is 24.3 Å². The Morgan fingerprint density at radius 1 is 1.29 bits per heavy atom. The molecule has 1 aliphatic rings. The van der Waals surface area contributed by atoms with Crippen molar-refractivity contribution in [3.63, 3.8) is 0 Å². The summed E-state index contributed by atoms with van der Waals surface area (Å²) in [5.74, 6) is 0.148. The molecular formula is C14H20N2O. The van der Waals surface area contributed by atoms with Gasteiger partial charge in [0.25, 0.3) is 5.91 Å². The van der Waals surface area contributed by atoms with Gasteiger partial charge >= 0.3 is 0 Å². The summed E-state index contributed by atoms with van der Waals surface area (Å²) < 4.78 is 0. The summed E-state index contributed by atoms with van der Waals surface area (Å²) in [6, 6.07) is 7.66. The average molecular weight is 232 g/mol. The molecule has 1 saturated heterocycles. The maximum Gasteiger partial charge on any atom is 0.254 e. The van der Waals surface area contributed by atoms with E-state index in [0.717, 1.165) is 30.6 Å². The highest BCUT2D eigenvalue weighted by molar-refractivity contribution is 5.95. The van der Waals surface area contributed by atoms with Gasteiger partial charge in [0.2, 0.25) is 0 Å². The molecule has 0 bridgehead atoms. The van der Waals surface area contributed by atoms with Crippen molar-refractivity contribution in [2.75, 3.05) is 18.9 Å². The molecule has 3 heteroatoms. The summed E-state index contributed by atoms with van der Waals surface area (Å²) in [6.07, 6.45) is 2.20. The number of likely N-dealkylation sites (tertiary alicyclic amines) is 1. The number of benzene rings is 1. The van der Waals surface area contributed by atoms with E-state index in [4.69, 9.17) is 0 Å². The predicted molar refractivity (Wildman–Crippen MR) is 70.3 cm³/mol. The predicted octanol–water partition coefficient (Wildman–Crippen LogP) is 2.74. The van der Waals surface area contributed by atoms with Crippen LogP contribution in [0.3, 0.4) is 0 Å². The number of amides is 1. The molecule has 3 nitrogen and oxygen atoms in total. The van der Waals surface area contributed by atoms with Crippen molar-refractivity contribution in [1.29, 1.82) is 0 Å². The van der Waals surface area contributed by atoms with Crippen LogP contribution in [0.25, 0.3) is 0 Å². The van der Waals surface area contributed by atoms with Gasteiger partial charge in [0.1, 0.15) is 0 Å². The minimum Gasteiger partial charge on any atom is -0.388 e. The second-order valence-corrected chi connectivity index (χ2v) is 5.20. The monoisotopic (exact) mass is 232 g/mol. The third-order valence-electron chi connectivity index (χ3n) is 3.57. The van der Waals surface area contributed by atoms with E-state index in [-0.39, 0.29) is 11.4 Å². The van der Waals surface area contributed by atoms with Crippen LogP contribution in [0.4, 0.5) is 5.69 Å². The first kappa shape index (κ1) is 12.0. The van der Waals surface area contributed by atoms with Gasteiger partial charge in [-0.1, -0.05) is 0 Å². The number of carbonyl (C=O) groups excluding carboxylic acids is 1. The zero-order valence-corrected chi connectivity index (χ0v) is 10.8. The Morgan fingerprint density at radius 2 is 1.94 bits per heavy atom. The van der Waals surface area contributed by atoms with Crippen LogP contribution in [-0.2, 0) is 0 Å². The first-order valence-electron chi connectivity index (χ1n) is 6.14. The van der Waals surface area contributed by atoms with Crippen LogP contribution in [0, 0.1) is 0 Å². The van der Waals surface area contributed by atoms with Crippen molar-refractivity contribution >= 4 is 11.6 Å². The van der Waals surface area contributed by atoms with Crippen molar-refractivity contribution in [2.45, 2.75) is 32.2 Å². The molecule has 1 aliphatic heterocycles. The molecule has 1 heterocycles. The van der Waals surface area contributed by atoms with Gasteiger partial charge in [-0.2, -0.15) is 0 Å². The summed E-state index contributed by atoms with van der Waals surface area (Å²) in [5, 5.41) is 3.05. The molecule has 1 fully saturated rings. The number of nitrogens with one attached hydrogen (secondary N) is 1. The second kappa shape index (κ2) is 4.40. The summed E-state index contributed by atoms with van der Waals surface area (Å²) in [6.45, 7) is 5.15. The van der Waals surface area contributed by atoms with Crippen LogP contribution >= 0.6 is 0 Å². The topological polar surface area (TPSA) is 32.3 Å². The Morgan fingerprint density at radius 3 is 2.41 bits per heavy atom. The molecule has 0 aromatic heterocycles. The van der Waals surface area contributed by atoms with E-state index >= 15 is 0 Å². The van der Waals surface area contributed by atoms with Crippen molar-refractivity contribution in [1.82, 2.24) is 4.90 Å². The molecule has 1 aromatic rings. The third-order valence-corrected chi connectivity index (χ3v) is 3.57. The fraction of sp³-hybridized carbons (Fsp3) is 0.500. The lowest BCUT2D eigenvalue weighted by atomic mass is 10.0. The van der Waals surface area contributed by atoms with Crippen LogP contribution in [0.1, 0.15) is 37.0 Å². The zero-order valence-electron chi connectivity index (χ0n) is 10.8. The molecule has 1 aromatic carbocycles. The number of nitrogens with zero attached hydrogens (tertiary/aromatic N) is 1. The van der Waals surface area contributed by atoms with E-state index in [2.05, 4.69) is 19.2 Å². The number of hydrogen-bond acceptors (Lipinski definition) is 2. The highest BCUT2D eigenvalue weighted by Gasteiger charge is 2.35. The molecule has 0 spiro atoms. The molecule has 92 valence electrons. The number of hydrogen-bond donors (Lipinski definition) is 1. The molecule has 0 unspecified atom stereocenters. The molecule has 0 aliphatic carbocycles. The molecular weight excluding hydrogens is 212 g/mol. The lowest BCUT2D eigenvalue weighted by Crippen LogP contribution is -2.42. The highest BCUT2D eigenvalue weighted by Crippen LogP contribution is 2.29. The second-order valence-electron chi connectivity index (χ2n) is 5.20. The molecule has 0 atom stereocenters. The van der Waals surface area contributed by atoms with E-state index in [1.807, 2.05) is 36.2 Å². The molecule has 2 rings (SSSR count). The Hall–Kier alpha value is -1.51. The first-order chi connectivity index (χ1) is 8.04. The number of carbonyl (C=O) groups is 1. The molecule has 1 N–H and O–H groups in total. The van der Waals surface area contributed by atoms with Gasteiger partial charge in [-0.05, 0) is 51.0 Å². The number of rotatable bonds is 2. The van der Waals surface area contributed by atoms with E-state index in [9.17, 15) is 4.79 Å². The molecule has 17 heavy (non-hydrogen) atoms. The smallest absolute Gasteiger partial charge is 0.254 e.